The maximum absolute atomic E-state index is 5.57. The summed E-state index contributed by atoms with van der Waals surface area (Å²) in [5.41, 5.74) is 5.17. The van der Waals surface area contributed by atoms with Gasteiger partial charge in [0.25, 0.3) is 0 Å². The van der Waals surface area contributed by atoms with Crippen LogP contribution in [0.1, 0.15) is 28.8 Å². The molecule has 1 aromatic heterocycles. The molecular formula is C11H16N4S2. The van der Waals surface area contributed by atoms with E-state index in [9.17, 15) is 0 Å². The second kappa shape index (κ2) is 5.04. The Balaban J connectivity index is 1.94. The van der Waals surface area contributed by atoms with Crippen molar-refractivity contribution < 1.29 is 0 Å². The number of hydrogen-bond acceptors (Lipinski definition) is 6. The molecule has 1 aliphatic carbocycles. The Hall–Kier alpha value is -0.460. The number of fused-ring (bicyclic) bond motifs is 1. The van der Waals surface area contributed by atoms with Crippen LogP contribution < -0.4 is 11.3 Å². The van der Waals surface area contributed by atoms with E-state index < -0.39 is 0 Å². The van der Waals surface area contributed by atoms with Crippen molar-refractivity contribution >= 4 is 29.3 Å². The van der Waals surface area contributed by atoms with E-state index in [0.29, 0.717) is 5.25 Å². The summed E-state index contributed by atoms with van der Waals surface area (Å²) < 4.78 is 0. The van der Waals surface area contributed by atoms with Crippen molar-refractivity contribution in [2.45, 2.75) is 24.5 Å². The van der Waals surface area contributed by atoms with E-state index in [1.807, 2.05) is 23.5 Å². The van der Waals surface area contributed by atoms with Gasteiger partial charge >= 0.3 is 0 Å². The van der Waals surface area contributed by atoms with Gasteiger partial charge in [0.2, 0.25) is 0 Å². The van der Waals surface area contributed by atoms with Gasteiger partial charge in [0.05, 0.1) is 5.25 Å². The largest absolute Gasteiger partial charge is 0.308 e. The zero-order valence-corrected chi connectivity index (χ0v) is 11.2. The lowest BCUT2D eigenvalue weighted by Gasteiger charge is -2.21. The van der Waals surface area contributed by atoms with Gasteiger partial charge in [-0.2, -0.15) is 11.8 Å². The van der Waals surface area contributed by atoms with E-state index in [4.69, 9.17) is 10.8 Å². The van der Waals surface area contributed by atoms with Crippen LogP contribution in [0, 0.1) is 0 Å². The molecule has 0 aromatic carbocycles. The minimum Gasteiger partial charge on any atom is -0.308 e. The van der Waals surface area contributed by atoms with Crippen molar-refractivity contribution in [3.63, 3.8) is 0 Å². The molecule has 0 bridgehead atoms. The van der Waals surface area contributed by atoms with Gasteiger partial charge in [0.15, 0.2) is 0 Å². The molecule has 4 nitrogen and oxygen atoms in total. The highest BCUT2D eigenvalue weighted by Gasteiger charge is 2.24. The fourth-order valence-corrected chi connectivity index (χ4v) is 4.95. The topological polar surface area (TPSA) is 63.8 Å². The monoisotopic (exact) mass is 268 g/mol. The number of hydrazine groups is 1. The van der Waals surface area contributed by atoms with Crippen LogP contribution in [-0.4, -0.2) is 27.2 Å². The zero-order valence-electron chi connectivity index (χ0n) is 9.61. The maximum atomic E-state index is 5.57. The summed E-state index contributed by atoms with van der Waals surface area (Å²) in [5, 5.41) is 0.437. The average molecular weight is 268 g/mol. The smallest absolute Gasteiger partial charge is 0.147 e. The van der Waals surface area contributed by atoms with E-state index in [-0.39, 0.29) is 0 Å². The molecule has 3 N–H and O–H groups in total. The first-order chi connectivity index (χ1) is 8.38. The molecule has 2 aliphatic rings. The molecule has 0 saturated carbocycles. The first-order valence-electron chi connectivity index (χ1n) is 5.94. The summed E-state index contributed by atoms with van der Waals surface area (Å²) in [7, 11) is 0. The second-order valence-corrected chi connectivity index (χ2v) is 6.75. The van der Waals surface area contributed by atoms with Gasteiger partial charge in [-0.25, -0.2) is 15.8 Å². The minimum atomic E-state index is 0.437. The van der Waals surface area contributed by atoms with E-state index in [0.717, 1.165) is 30.2 Å². The number of nitrogens with one attached hydrogen (secondary N) is 1. The average Bonchev–Trinajstić information content (AvgIpc) is 2.86. The number of thioether (sulfide) groups is 2. The van der Waals surface area contributed by atoms with Crippen LogP contribution in [0.15, 0.2) is 0 Å². The lowest BCUT2D eigenvalue weighted by Crippen LogP contribution is -2.16. The number of aromatic nitrogens is 2. The van der Waals surface area contributed by atoms with Crippen molar-refractivity contribution in [1.82, 2.24) is 9.97 Å². The summed E-state index contributed by atoms with van der Waals surface area (Å²) >= 11 is 3.96. The van der Waals surface area contributed by atoms with Gasteiger partial charge in [0.1, 0.15) is 11.6 Å². The fraction of sp³-hybridized carbons (Fsp3) is 0.636. The number of rotatable bonds is 2. The third-order valence-corrected chi connectivity index (χ3v) is 5.94. The molecule has 6 heteroatoms. The molecule has 1 aromatic rings. The Morgan fingerprint density at radius 2 is 2.18 bits per heavy atom. The predicted molar refractivity (Wildman–Crippen MR) is 74.4 cm³/mol. The fourth-order valence-electron chi connectivity index (χ4n) is 2.35. The van der Waals surface area contributed by atoms with Crippen molar-refractivity contribution in [3.05, 3.63) is 17.1 Å². The SMILES string of the molecule is NNc1nc(C2CSCCS2)nc2c1CCC2. The number of anilines is 1. The molecule has 17 heavy (non-hydrogen) atoms. The first kappa shape index (κ1) is 11.6. The molecule has 0 amide bonds. The Bertz CT molecular complexity index is 418. The summed E-state index contributed by atoms with van der Waals surface area (Å²) in [4.78, 5) is 9.35. The van der Waals surface area contributed by atoms with Crippen molar-refractivity contribution in [3.8, 4) is 0 Å². The van der Waals surface area contributed by atoms with Gasteiger partial charge in [-0.3, -0.25) is 0 Å². The Morgan fingerprint density at radius 3 is 2.94 bits per heavy atom. The Morgan fingerprint density at radius 1 is 1.24 bits per heavy atom. The van der Waals surface area contributed by atoms with E-state index in [1.165, 1.54) is 29.2 Å². The molecule has 1 unspecified atom stereocenters. The maximum Gasteiger partial charge on any atom is 0.147 e. The van der Waals surface area contributed by atoms with Crippen molar-refractivity contribution in [2.24, 2.45) is 5.84 Å². The number of hydrogen-bond donors (Lipinski definition) is 2. The number of nitrogens with two attached hydrogens (primary N) is 1. The quantitative estimate of drug-likeness (QED) is 0.629. The highest BCUT2D eigenvalue weighted by Crippen LogP contribution is 2.37. The Labute approximate surface area is 110 Å². The highest BCUT2D eigenvalue weighted by molar-refractivity contribution is 8.06. The Kier molecular flexibility index (Phi) is 3.44. The summed E-state index contributed by atoms with van der Waals surface area (Å²) in [6, 6.07) is 0. The standard InChI is InChI=1S/C11H16N4S2/c12-15-10-7-2-1-3-8(7)13-11(14-10)9-6-16-4-5-17-9/h9H,1-6,12H2,(H,13,14,15). The molecule has 1 aliphatic heterocycles. The van der Waals surface area contributed by atoms with E-state index in [1.54, 1.807) is 0 Å². The predicted octanol–water partition coefficient (Wildman–Crippen LogP) is 1.77. The third-order valence-electron chi connectivity index (χ3n) is 3.19. The van der Waals surface area contributed by atoms with Crippen LogP contribution in [-0.2, 0) is 12.8 Å². The molecule has 1 saturated heterocycles. The van der Waals surface area contributed by atoms with Crippen molar-refractivity contribution in [1.29, 1.82) is 0 Å². The molecule has 92 valence electrons. The lowest BCUT2D eigenvalue weighted by atomic mass is 10.2. The van der Waals surface area contributed by atoms with Gasteiger partial charge in [-0.15, -0.1) is 11.8 Å². The number of nitrogen functional groups attached to an aromatic ring is 1. The first-order valence-corrected chi connectivity index (χ1v) is 8.14. The van der Waals surface area contributed by atoms with Crippen LogP contribution in [0.2, 0.25) is 0 Å². The normalized spacial score (nSPS) is 23.5. The molecule has 0 spiro atoms. The highest BCUT2D eigenvalue weighted by atomic mass is 32.2. The third kappa shape index (κ3) is 2.26. The molecule has 3 rings (SSSR count). The van der Waals surface area contributed by atoms with E-state index >= 15 is 0 Å². The van der Waals surface area contributed by atoms with Gasteiger partial charge in [-0.1, -0.05) is 0 Å². The number of aryl methyl sites for hydroxylation is 1. The molecule has 0 radical (unpaired) electrons. The molecular weight excluding hydrogens is 252 g/mol. The van der Waals surface area contributed by atoms with Crippen LogP contribution in [0.3, 0.4) is 0 Å². The lowest BCUT2D eigenvalue weighted by molar-refractivity contribution is 0.871. The van der Waals surface area contributed by atoms with Crippen LogP contribution >= 0.6 is 23.5 Å². The van der Waals surface area contributed by atoms with E-state index in [2.05, 4.69) is 10.4 Å². The minimum absolute atomic E-state index is 0.437. The molecule has 1 atom stereocenters. The number of nitrogens with zero attached hydrogens (tertiary/aromatic N) is 2. The summed E-state index contributed by atoms with van der Waals surface area (Å²) in [6.45, 7) is 0. The van der Waals surface area contributed by atoms with Crippen LogP contribution in [0.25, 0.3) is 0 Å². The summed E-state index contributed by atoms with van der Waals surface area (Å²) in [6.07, 6.45) is 3.31. The van der Waals surface area contributed by atoms with Crippen molar-refractivity contribution in [2.75, 3.05) is 22.7 Å². The van der Waals surface area contributed by atoms with Gasteiger partial charge in [0, 0.05) is 28.5 Å². The van der Waals surface area contributed by atoms with Crippen LogP contribution in [0.5, 0.6) is 0 Å². The molecule has 2 heterocycles. The second-order valence-electron chi connectivity index (χ2n) is 4.29. The van der Waals surface area contributed by atoms with Gasteiger partial charge < -0.3 is 5.43 Å². The van der Waals surface area contributed by atoms with Crippen LogP contribution in [0.4, 0.5) is 5.82 Å². The molecule has 1 fully saturated rings. The zero-order chi connectivity index (χ0) is 11.7. The summed E-state index contributed by atoms with van der Waals surface area (Å²) in [5.74, 6) is 10.9. The van der Waals surface area contributed by atoms with Gasteiger partial charge in [-0.05, 0) is 19.3 Å².